The second-order valence-corrected chi connectivity index (χ2v) is 6.51. The van der Waals surface area contributed by atoms with Crippen LogP contribution in [0.3, 0.4) is 0 Å². The minimum Gasteiger partial charge on any atom is -0.493 e. The van der Waals surface area contributed by atoms with E-state index in [1.165, 1.54) is 34.9 Å². The molecule has 1 fully saturated rings. The summed E-state index contributed by atoms with van der Waals surface area (Å²) in [5.41, 5.74) is 8.71. The summed E-state index contributed by atoms with van der Waals surface area (Å²) >= 11 is 3.78. The molecule has 4 heteroatoms. The van der Waals surface area contributed by atoms with Gasteiger partial charge in [0, 0.05) is 28.4 Å². The highest BCUT2D eigenvalue weighted by Crippen LogP contribution is 2.52. The van der Waals surface area contributed by atoms with Gasteiger partial charge in [0.1, 0.15) is 6.10 Å². The van der Waals surface area contributed by atoms with Crippen molar-refractivity contribution in [3.8, 4) is 11.5 Å². The van der Waals surface area contributed by atoms with Crippen LogP contribution in [0, 0.1) is 0 Å². The fourth-order valence-electron chi connectivity index (χ4n) is 3.24. The lowest BCUT2D eigenvalue weighted by Crippen LogP contribution is -2.41. The molecule has 2 N–H and O–H groups in total. The summed E-state index contributed by atoms with van der Waals surface area (Å²) in [5.74, 6) is 1.74. The van der Waals surface area contributed by atoms with Crippen molar-refractivity contribution in [3.63, 3.8) is 0 Å². The van der Waals surface area contributed by atoms with Crippen molar-refractivity contribution in [3.05, 3.63) is 21.7 Å². The van der Waals surface area contributed by atoms with Crippen LogP contribution in [0.1, 0.15) is 37.3 Å². The van der Waals surface area contributed by atoms with Crippen LogP contribution in [-0.4, -0.2) is 19.8 Å². The molecule has 1 saturated carbocycles. The Balaban J connectivity index is 2.14. The minimum atomic E-state index is 0.132. The zero-order valence-electron chi connectivity index (χ0n) is 11.5. The highest BCUT2D eigenvalue weighted by molar-refractivity contribution is 9.10. The van der Waals surface area contributed by atoms with Crippen molar-refractivity contribution < 1.29 is 9.47 Å². The predicted octanol–water partition coefficient (Wildman–Crippen LogP) is 3.16. The minimum absolute atomic E-state index is 0.132. The maximum absolute atomic E-state index is 6.04. The molecule has 1 aromatic rings. The van der Waals surface area contributed by atoms with Gasteiger partial charge in [-0.2, -0.15) is 0 Å². The van der Waals surface area contributed by atoms with E-state index in [0.29, 0.717) is 6.54 Å². The number of ether oxygens (including phenoxy) is 2. The third-order valence-electron chi connectivity index (χ3n) is 4.58. The lowest BCUT2D eigenvalue weighted by molar-refractivity contribution is 0.241. The molecule has 0 aromatic heterocycles. The quantitative estimate of drug-likeness (QED) is 0.928. The first-order chi connectivity index (χ1) is 9.11. The molecular weight excluding hydrogens is 306 g/mol. The van der Waals surface area contributed by atoms with Crippen LogP contribution in [0.2, 0.25) is 0 Å². The SMILES string of the molecule is COc1cc(C2(CN)CCC2)c(Br)c2c1OC(C)C2. The Kier molecular flexibility index (Phi) is 3.26. The molecule has 19 heavy (non-hydrogen) atoms. The number of methoxy groups -OCH3 is 1. The van der Waals surface area contributed by atoms with Crippen LogP contribution >= 0.6 is 15.9 Å². The van der Waals surface area contributed by atoms with Gasteiger partial charge in [-0.25, -0.2) is 0 Å². The maximum atomic E-state index is 6.04. The zero-order chi connectivity index (χ0) is 13.6. The smallest absolute Gasteiger partial charge is 0.166 e. The summed E-state index contributed by atoms with van der Waals surface area (Å²) in [6.45, 7) is 2.79. The van der Waals surface area contributed by atoms with Crippen molar-refractivity contribution in [2.45, 2.75) is 44.1 Å². The normalized spacial score (nSPS) is 23.5. The fraction of sp³-hybridized carbons (Fsp3) is 0.600. The molecule has 0 radical (unpaired) electrons. The van der Waals surface area contributed by atoms with Gasteiger partial charge in [0.2, 0.25) is 0 Å². The zero-order valence-corrected chi connectivity index (χ0v) is 13.0. The third-order valence-corrected chi connectivity index (χ3v) is 5.48. The van der Waals surface area contributed by atoms with E-state index in [1.54, 1.807) is 7.11 Å². The summed E-state index contributed by atoms with van der Waals surface area (Å²) in [6.07, 6.45) is 4.74. The number of hydrogen-bond donors (Lipinski definition) is 1. The van der Waals surface area contributed by atoms with E-state index in [4.69, 9.17) is 15.2 Å². The fourth-order valence-corrected chi connectivity index (χ4v) is 4.11. The number of hydrogen-bond acceptors (Lipinski definition) is 3. The van der Waals surface area contributed by atoms with Gasteiger partial charge in [0.15, 0.2) is 11.5 Å². The van der Waals surface area contributed by atoms with Crippen molar-refractivity contribution in [2.75, 3.05) is 13.7 Å². The Bertz CT molecular complexity index is 506. The number of nitrogens with two attached hydrogens (primary N) is 1. The summed E-state index contributed by atoms with van der Waals surface area (Å²) in [6, 6.07) is 2.12. The Morgan fingerprint density at radius 1 is 1.53 bits per heavy atom. The van der Waals surface area contributed by atoms with Gasteiger partial charge < -0.3 is 15.2 Å². The molecule has 3 rings (SSSR count). The average molecular weight is 326 g/mol. The lowest BCUT2D eigenvalue weighted by atomic mass is 9.64. The lowest BCUT2D eigenvalue weighted by Gasteiger charge is -2.42. The molecule has 1 unspecified atom stereocenters. The molecule has 104 valence electrons. The van der Waals surface area contributed by atoms with Gasteiger partial charge in [-0.3, -0.25) is 0 Å². The standard InChI is InChI=1S/C15H20BrNO2/c1-9-6-10-13(16)11(15(8-17)4-3-5-15)7-12(18-2)14(10)19-9/h7,9H,3-6,8,17H2,1-2H3. The van der Waals surface area contributed by atoms with E-state index in [-0.39, 0.29) is 11.5 Å². The first-order valence-electron chi connectivity index (χ1n) is 6.88. The molecule has 0 saturated heterocycles. The van der Waals surface area contributed by atoms with E-state index < -0.39 is 0 Å². The van der Waals surface area contributed by atoms with Crippen molar-refractivity contribution in [1.29, 1.82) is 0 Å². The highest BCUT2D eigenvalue weighted by Gasteiger charge is 2.41. The molecular formula is C15H20BrNO2. The van der Waals surface area contributed by atoms with Crippen LogP contribution in [0.15, 0.2) is 10.5 Å². The molecule has 1 aliphatic carbocycles. The van der Waals surface area contributed by atoms with Crippen LogP contribution in [0.25, 0.3) is 0 Å². The van der Waals surface area contributed by atoms with Gasteiger partial charge in [-0.15, -0.1) is 0 Å². The largest absolute Gasteiger partial charge is 0.493 e. The average Bonchev–Trinajstić information content (AvgIpc) is 2.73. The molecule has 0 bridgehead atoms. The van der Waals surface area contributed by atoms with E-state index in [2.05, 4.69) is 28.9 Å². The molecule has 0 spiro atoms. The second-order valence-electron chi connectivity index (χ2n) is 5.72. The molecule has 1 aliphatic heterocycles. The van der Waals surface area contributed by atoms with Gasteiger partial charge in [-0.1, -0.05) is 22.4 Å². The van der Waals surface area contributed by atoms with Crippen LogP contribution < -0.4 is 15.2 Å². The second kappa shape index (κ2) is 4.67. The summed E-state index contributed by atoms with van der Waals surface area (Å²) < 4.78 is 12.6. The molecule has 1 heterocycles. The number of benzene rings is 1. The molecule has 1 atom stereocenters. The van der Waals surface area contributed by atoms with Crippen molar-refractivity contribution in [2.24, 2.45) is 5.73 Å². The molecule has 2 aliphatic rings. The van der Waals surface area contributed by atoms with E-state index in [9.17, 15) is 0 Å². The first kappa shape index (κ1) is 13.3. The van der Waals surface area contributed by atoms with Gasteiger partial charge >= 0.3 is 0 Å². The van der Waals surface area contributed by atoms with Gasteiger partial charge in [-0.05, 0) is 31.4 Å². The van der Waals surface area contributed by atoms with Crippen molar-refractivity contribution >= 4 is 15.9 Å². The summed E-state index contributed by atoms with van der Waals surface area (Å²) in [7, 11) is 1.70. The topological polar surface area (TPSA) is 44.5 Å². The number of rotatable bonds is 3. The van der Waals surface area contributed by atoms with Crippen LogP contribution in [-0.2, 0) is 11.8 Å². The molecule has 1 aromatic carbocycles. The van der Waals surface area contributed by atoms with E-state index in [1.807, 2.05) is 0 Å². The van der Waals surface area contributed by atoms with E-state index in [0.717, 1.165) is 17.9 Å². The monoisotopic (exact) mass is 325 g/mol. The molecule has 3 nitrogen and oxygen atoms in total. The van der Waals surface area contributed by atoms with E-state index >= 15 is 0 Å². The number of halogens is 1. The van der Waals surface area contributed by atoms with Crippen molar-refractivity contribution in [1.82, 2.24) is 0 Å². The maximum Gasteiger partial charge on any atom is 0.166 e. The third kappa shape index (κ3) is 1.88. The Morgan fingerprint density at radius 3 is 2.79 bits per heavy atom. The van der Waals surface area contributed by atoms with Crippen LogP contribution in [0.4, 0.5) is 0 Å². The van der Waals surface area contributed by atoms with Gasteiger partial charge in [0.25, 0.3) is 0 Å². The Hall–Kier alpha value is -0.740. The van der Waals surface area contributed by atoms with Crippen LogP contribution in [0.5, 0.6) is 11.5 Å². The summed E-state index contributed by atoms with van der Waals surface area (Å²) in [5, 5.41) is 0. The highest BCUT2D eigenvalue weighted by atomic mass is 79.9. The molecule has 0 amide bonds. The van der Waals surface area contributed by atoms with Gasteiger partial charge in [0.05, 0.1) is 7.11 Å². The number of fused-ring (bicyclic) bond motifs is 1. The Morgan fingerprint density at radius 2 is 2.26 bits per heavy atom. The predicted molar refractivity (Wildman–Crippen MR) is 79.1 cm³/mol. The Labute approximate surface area is 122 Å². The summed E-state index contributed by atoms with van der Waals surface area (Å²) in [4.78, 5) is 0. The first-order valence-corrected chi connectivity index (χ1v) is 7.67.